The van der Waals surface area contributed by atoms with Gasteiger partial charge in [-0.2, -0.15) is 12.1 Å². The molecule has 7 aromatic carbocycles. The monoisotopic (exact) mass is 1110 g/mol. The van der Waals surface area contributed by atoms with E-state index in [1.807, 2.05) is 24.4 Å². The Morgan fingerprint density at radius 3 is 1.93 bits per heavy atom. The normalized spacial score (nSPS) is 13.0. The maximum Gasteiger partial charge on any atom is 2.00 e. The second-order valence-electron chi connectivity index (χ2n) is 22.7. The molecule has 10 rings (SSSR count). The number of pyridine rings is 1. The van der Waals surface area contributed by atoms with Crippen LogP contribution in [-0.2, 0) is 37.3 Å². The van der Waals surface area contributed by atoms with Crippen LogP contribution in [0.1, 0.15) is 79.0 Å². The summed E-state index contributed by atoms with van der Waals surface area (Å²) in [5.74, 6) is 2.01. The third kappa shape index (κ3) is 9.34. The van der Waals surface area contributed by atoms with Gasteiger partial charge in [0.25, 0.3) is 5.69 Å². The first-order valence-corrected chi connectivity index (χ1v) is 27.7. The molecule has 70 heavy (non-hydrogen) atoms. The number of hydrogen-bond acceptors (Lipinski definition) is 2. The van der Waals surface area contributed by atoms with Crippen molar-refractivity contribution in [1.82, 2.24) is 18.7 Å². The van der Waals surface area contributed by atoms with E-state index >= 15 is 0 Å². The van der Waals surface area contributed by atoms with E-state index in [0.717, 1.165) is 61.5 Å². The van der Waals surface area contributed by atoms with Crippen LogP contribution in [0.15, 0.2) is 158 Å². The Morgan fingerprint density at radius 2 is 1.23 bits per heavy atom. The van der Waals surface area contributed by atoms with Gasteiger partial charge >= 0.3 is 32.8 Å². The molecular formula is C63H62N4OPtSi+2. The van der Waals surface area contributed by atoms with E-state index < -0.39 is 8.07 Å². The Hall–Kier alpha value is -6.42. The van der Waals surface area contributed by atoms with E-state index in [2.05, 4.69) is 247 Å². The molecule has 0 atom stereocenters. The van der Waals surface area contributed by atoms with Crippen molar-refractivity contribution in [2.75, 3.05) is 0 Å². The zero-order valence-electron chi connectivity index (χ0n) is 42.5. The molecule has 0 N–H and O–H groups in total. The van der Waals surface area contributed by atoms with Gasteiger partial charge in [-0.25, -0.2) is 4.98 Å². The van der Waals surface area contributed by atoms with Gasteiger partial charge in [0, 0.05) is 41.4 Å². The van der Waals surface area contributed by atoms with Crippen molar-refractivity contribution >= 4 is 63.8 Å². The van der Waals surface area contributed by atoms with Gasteiger partial charge in [-0.05, 0) is 83.9 Å². The average molecular weight is 1110 g/mol. The quantitative estimate of drug-likeness (QED) is 0.0863. The number of aromatic nitrogens is 2. The van der Waals surface area contributed by atoms with Crippen molar-refractivity contribution in [3.8, 4) is 39.6 Å². The molecule has 0 unspecified atom stereocenters. The Kier molecular flexibility index (Phi) is 12.5. The van der Waals surface area contributed by atoms with E-state index in [9.17, 15) is 0 Å². The van der Waals surface area contributed by atoms with Crippen molar-refractivity contribution in [2.45, 2.75) is 98.2 Å². The third-order valence-electron chi connectivity index (χ3n) is 13.4. The average Bonchev–Trinajstić information content (AvgIpc) is 3.87. The van der Waals surface area contributed by atoms with Crippen molar-refractivity contribution < 1.29 is 25.8 Å². The predicted molar refractivity (Wildman–Crippen MR) is 294 cm³/mol. The summed E-state index contributed by atoms with van der Waals surface area (Å²) >= 11 is 0. The number of rotatable bonds is 8. The molecule has 0 spiro atoms. The second kappa shape index (κ2) is 18.1. The molecule has 3 heterocycles. The molecule has 352 valence electrons. The van der Waals surface area contributed by atoms with E-state index in [4.69, 9.17) is 9.72 Å². The molecule has 0 saturated carbocycles. The molecular weight excluding hydrogens is 1050 g/mol. The fourth-order valence-electron chi connectivity index (χ4n) is 9.30. The maximum atomic E-state index is 6.78. The van der Waals surface area contributed by atoms with Crippen LogP contribution >= 0.6 is 0 Å². The zero-order valence-corrected chi connectivity index (χ0v) is 45.8. The van der Waals surface area contributed by atoms with Crippen LogP contribution in [0.2, 0.25) is 19.6 Å². The van der Waals surface area contributed by atoms with Gasteiger partial charge < -0.3 is 9.30 Å². The second-order valence-corrected chi connectivity index (χ2v) is 27.8. The summed E-state index contributed by atoms with van der Waals surface area (Å²) in [5, 5.41) is 3.63. The number of ether oxygens (including phenoxy) is 1. The molecule has 0 aliphatic carbocycles. The van der Waals surface area contributed by atoms with Crippen LogP contribution in [-0.4, -0.2) is 23.6 Å². The van der Waals surface area contributed by atoms with Crippen LogP contribution < -0.4 is 19.1 Å². The Morgan fingerprint density at radius 1 is 0.557 bits per heavy atom. The summed E-state index contributed by atoms with van der Waals surface area (Å²) < 4.78 is 13.4. The summed E-state index contributed by atoms with van der Waals surface area (Å²) in [6.45, 7) is 27.7. The first-order chi connectivity index (χ1) is 32.7. The van der Waals surface area contributed by atoms with Gasteiger partial charge in [-0.15, -0.1) is 23.6 Å². The fraction of sp³-hybridized carbons (Fsp3) is 0.238. The first kappa shape index (κ1) is 48.6. The first-order valence-electron chi connectivity index (χ1n) is 24.2. The summed E-state index contributed by atoms with van der Waals surface area (Å²) in [4.78, 5) is 4.95. The van der Waals surface area contributed by atoms with E-state index in [-0.39, 0.29) is 37.3 Å². The largest absolute Gasteiger partial charge is 2.00 e. The molecule has 0 radical (unpaired) electrons. The number of para-hydroxylation sites is 1. The Balaban J connectivity index is 0.00000608. The van der Waals surface area contributed by atoms with Crippen LogP contribution in [0.25, 0.3) is 49.9 Å². The molecule has 7 heteroatoms. The minimum absolute atomic E-state index is 0. The molecule has 0 bridgehead atoms. The van der Waals surface area contributed by atoms with Gasteiger partial charge in [-0.3, -0.25) is 0 Å². The van der Waals surface area contributed by atoms with Gasteiger partial charge in [-0.1, -0.05) is 188 Å². The number of nitrogens with zero attached hydrogens (tertiary/aromatic N) is 4. The van der Waals surface area contributed by atoms with Crippen LogP contribution in [0.5, 0.6) is 11.5 Å². The number of hydrogen-bond donors (Lipinski definition) is 0. The van der Waals surface area contributed by atoms with Gasteiger partial charge in [0.1, 0.15) is 11.5 Å². The standard InChI is InChI=1S/C63H62N4OSi.Pt/c1-61(2,3)45-31-32-64-59(38-45)67-56-30-27-43(42-19-14-13-15-20-42)34-55(56)54-29-28-51(40-58(54)67)68-50-23-17-22-48(39-50)65-41-66(49-36-46(62(4,5)6)35-47(37-49)63(7,8)9)60-53(25-18-26-57(60)65)44-21-16-24-52(33-44)69(10,11)12;/h13-38H,1-12H3;/q;+2. The predicted octanol–water partition coefficient (Wildman–Crippen LogP) is 16.2. The van der Waals surface area contributed by atoms with Gasteiger partial charge in [0.05, 0.1) is 13.6 Å². The molecule has 0 saturated heterocycles. The molecule has 5 nitrogen and oxygen atoms in total. The molecule has 9 aromatic rings. The molecule has 0 amide bonds. The summed E-state index contributed by atoms with van der Waals surface area (Å²) in [7, 11) is -1.60. The SMILES string of the molecule is CC(C)(C)c1cc([N+]2=C=[N+](c3[c-]c(Oc4[c-]c5c(cc4)c4cc(-c6ccccc6)ccc4n5-c4cc(C(C)(C)C)ccn4)ccc3)c3cccc(-c4cccc([Si](C)(C)C)c4)c32)cc(C(C)(C)C)c1.[Pt+2]. The Labute approximate surface area is 430 Å². The zero-order chi connectivity index (χ0) is 48.6. The molecule has 1 aliphatic heterocycles. The van der Waals surface area contributed by atoms with Crippen LogP contribution in [0, 0.1) is 12.1 Å². The maximum absolute atomic E-state index is 6.78. The van der Waals surface area contributed by atoms with Crippen molar-refractivity contribution in [3.63, 3.8) is 0 Å². The number of benzene rings is 7. The minimum atomic E-state index is -1.60. The van der Waals surface area contributed by atoms with Crippen LogP contribution in [0.4, 0.5) is 22.7 Å². The van der Waals surface area contributed by atoms with E-state index in [1.54, 1.807) is 0 Å². The van der Waals surface area contributed by atoms with Crippen LogP contribution in [0.3, 0.4) is 0 Å². The minimum Gasteiger partial charge on any atom is -0.509 e. The third-order valence-corrected chi connectivity index (χ3v) is 15.5. The summed E-state index contributed by atoms with van der Waals surface area (Å²) in [6, 6.07) is 65.9. The number of fused-ring (bicyclic) bond motifs is 4. The fourth-order valence-corrected chi connectivity index (χ4v) is 10.5. The van der Waals surface area contributed by atoms with E-state index in [0.29, 0.717) is 11.5 Å². The van der Waals surface area contributed by atoms with Crippen molar-refractivity contribution in [2.24, 2.45) is 0 Å². The molecule has 0 fully saturated rings. The van der Waals surface area contributed by atoms with E-state index in [1.165, 1.54) is 33.0 Å². The Bertz CT molecular complexity index is 3520. The van der Waals surface area contributed by atoms with Crippen molar-refractivity contribution in [3.05, 3.63) is 187 Å². The topological polar surface area (TPSA) is 33.1 Å². The van der Waals surface area contributed by atoms with Gasteiger partial charge in [0.2, 0.25) is 5.69 Å². The summed E-state index contributed by atoms with van der Waals surface area (Å²) in [6.07, 6.45) is 1.91. The van der Waals surface area contributed by atoms with Gasteiger partial charge in [0.15, 0.2) is 0 Å². The summed E-state index contributed by atoms with van der Waals surface area (Å²) in [5.41, 5.74) is 14.3. The molecule has 1 aliphatic rings. The van der Waals surface area contributed by atoms with Crippen molar-refractivity contribution in [1.29, 1.82) is 0 Å². The smallest absolute Gasteiger partial charge is 0.509 e. The molecule has 2 aromatic heterocycles.